The molecule has 0 saturated carbocycles. The lowest BCUT2D eigenvalue weighted by atomic mass is 9.99. The molecule has 0 bridgehead atoms. The molecule has 106 valence electrons. The van der Waals surface area contributed by atoms with Gasteiger partial charge >= 0.3 is 0 Å². The summed E-state index contributed by atoms with van der Waals surface area (Å²) in [4.78, 5) is 16.8. The van der Waals surface area contributed by atoms with E-state index in [1.54, 1.807) is 11.3 Å². The molecule has 2 atom stereocenters. The fourth-order valence-electron chi connectivity index (χ4n) is 1.99. The fraction of sp³-hybridized carbons (Fsp3) is 0.692. The zero-order valence-electron chi connectivity index (χ0n) is 11.7. The van der Waals surface area contributed by atoms with Crippen LogP contribution in [0.3, 0.4) is 0 Å². The first-order chi connectivity index (χ1) is 9.05. The number of aryl methyl sites for hydroxylation is 1. The van der Waals surface area contributed by atoms with E-state index in [2.05, 4.69) is 22.5 Å². The van der Waals surface area contributed by atoms with Gasteiger partial charge in [-0.2, -0.15) is 0 Å². The Morgan fingerprint density at radius 2 is 2.53 bits per heavy atom. The van der Waals surface area contributed by atoms with Crippen molar-refractivity contribution in [2.24, 2.45) is 0 Å². The van der Waals surface area contributed by atoms with Crippen molar-refractivity contribution in [3.8, 4) is 0 Å². The van der Waals surface area contributed by atoms with Crippen LogP contribution in [-0.4, -0.2) is 36.7 Å². The van der Waals surface area contributed by atoms with Gasteiger partial charge in [0.25, 0.3) is 5.91 Å². The normalized spacial score (nSPS) is 22.8. The minimum atomic E-state index is -0.420. The third kappa shape index (κ3) is 3.32. The van der Waals surface area contributed by atoms with Crippen molar-refractivity contribution in [2.75, 3.05) is 19.7 Å². The van der Waals surface area contributed by atoms with Gasteiger partial charge < -0.3 is 15.4 Å². The molecule has 6 heteroatoms. The Morgan fingerprint density at radius 1 is 1.74 bits per heavy atom. The molecular formula is C13H21N3O2S. The number of amides is 1. The highest BCUT2D eigenvalue weighted by molar-refractivity contribution is 7.09. The molecule has 0 spiro atoms. The maximum Gasteiger partial charge on any atom is 0.251 e. The Hall–Kier alpha value is -0.980. The van der Waals surface area contributed by atoms with Crippen LogP contribution in [0.5, 0.6) is 0 Å². The number of nitrogens with zero attached hydrogens (tertiary/aromatic N) is 1. The minimum absolute atomic E-state index is 0.0654. The summed E-state index contributed by atoms with van der Waals surface area (Å²) in [6, 6.07) is 0. The number of nitrogens with one attached hydrogen (secondary N) is 2. The molecule has 1 aromatic heterocycles. The third-order valence-corrected chi connectivity index (χ3v) is 4.64. The number of carbonyl (C=O) groups is 1. The van der Waals surface area contributed by atoms with Gasteiger partial charge in [0.1, 0.15) is 11.1 Å². The van der Waals surface area contributed by atoms with E-state index in [1.807, 2.05) is 19.2 Å². The quantitative estimate of drug-likeness (QED) is 0.871. The van der Waals surface area contributed by atoms with E-state index in [-0.39, 0.29) is 5.91 Å². The van der Waals surface area contributed by atoms with Crippen LogP contribution in [0.15, 0.2) is 5.38 Å². The number of aromatic nitrogens is 1. The van der Waals surface area contributed by atoms with Gasteiger partial charge in [0, 0.05) is 24.2 Å². The summed E-state index contributed by atoms with van der Waals surface area (Å²) in [6.45, 7) is 7.99. The van der Waals surface area contributed by atoms with Crippen LogP contribution in [0.1, 0.15) is 31.0 Å². The lowest BCUT2D eigenvalue weighted by Crippen LogP contribution is -2.53. The second-order valence-corrected chi connectivity index (χ2v) is 5.89. The van der Waals surface area contributed by atoms with Crippen LogP contribution < -0.4 is 10.6 Å². The van der Waals surface area contributed by atoms with Crippen molar-refractivity contribution >= 4 is 17.2 Å². The lowest BCUT2D eigenvalue weighted by Gasteiger charge is -2.31. The summed E-state index contributed by atoms with van der Waals surface area (Å²) in [7, 11) is 0. The van der Waals surface area contributed by atoms with E-state index >= 15 is 0 Å². The van der Waals surface area contributed by atoms with Crippen LogP contribution in [0.2, 0.25) is 0 Å². The van der Waals surface area contributed by atoms with Gasteiger partial charge in [0.15, 0.2) is 0 Å². The summed E-state index contributed by atoms with van der Waals surface area (Å²) in [5.41, 5.74) is 0.570. The van der Waals surface area contributed by atoms with Gasteiger partial charge in [0.05, 0.1) is 12.1 Å². The van der Waals surface area contributed by atoms with Gasteiger partial charge in [-0.05, 0) is 20.3 Å². The van der Waals surface area contributed by atoms with Crippen molar-refractivity contribution in [1.82, 2.24) is 15.6 Å². The van der Waals surface area contributed by atoms with Crippen molar-refractivity contribution in [1.29, 1.82) is 0 Å². The highest BCUT2D eigenvalue weighted by atomic mass is 32.1. The second-order valence-electron chi connectivity index (χ2n) is 5.03. The Morgan fingerprint density at radius 3 is 3.05 bits per heavy atom. The van der Waals surface area contributed by atoms with Crippen molar-refractivity contribution in [2.45, 2.75) is 38.8 Å². The largest absolute Gasteiger partial charge is 0.366 e. The molecule has 1 fully saturated rings. The van der Waals surface area contributed by atoms with E-state index in [1.165, 1.54) is 0 Å². The molecule has 2 heterocycles. The lowest BCUT2D eigenvalue weighted by molar-refractivity contribution is -0.136. The van der Waals surface area contributed by atoms with Crippen LogP contribution in [-0.2, 0) is 15.1 Å². The average Bonchev–Trinajstić information content (AvgIpc) is 2.87. The summed E-state index contributed by atoms with van der Waals surface area (Å²) in [5.74, 6) is -0.0654. The summed E-state index contributed by atoms with van der Waals surface area (Å²) in [5, 5.41) is 9.21. The fourth-order valence-corrected chi connectivity index (χ4v) is 2.97. The monoisotopic (exact) mass is 283 g/mol. The Labute approximate surface area is 117 Å². The standard InChI is InChI=1S/C13H21N3O2S/c1-4-13(3,12-15-9(2)8-19-12)16-11(17)10-7-14-5-6-18-10/h8,10,14H,4-7H2,1-3H3,(H,16,17). The molecule has 0 aliphatic carbocycles. The summed E-state index contributed by atoms with van der Waals surface area (Å²) < 4.78 is 5.48. The first-order valence-electron chi connectivity index (χ1n) is 6.62. The first kappa shape index (κ1) is 14.4. The van der Waals surface area contributed by atoms with E-state index in [0.29, 0.717) is 13.2 Å². The van der Waals surface area contributed by atoms with Crippen molar-refractivity contribution in [3.05, 3.63) is 16.1 Å². The van der Waals surface area contributed by atoms with Crippen molar-refractivity contribution < 1.29 is 9.53 Å². The van der Waals surface area contributed by atoms with E-state index < -0.39 is 11.6 Å². The number of ether oxygens (including phenoxy) is 1. The maximum absolute atomic E-state index is 12.3. The van der Waals surface area contributed by atoms with Crippen LogP contribution >= 0.6 is 11.3 Å². The number of hydrogen-bond acceptors (Lipinski definition) is 5. The number of hydrogen-bond donors (Lipinski definition) is 2. The molecule has 0 radical (unpaired) electrons. The minimum Gasteiger partial charge on any atom is -0.366 e. The topological polar surface area (TPSA) is 63.2 Å². The molecule has 1 aromatic rings. The Bertz CT molecular complexity index is 443. The predicted molar refractivity (Wildman–Crippen MR) is 75.2 cm³/mol. The second kappa shape index (κ2) is 5.98. The summed E-state index contributed by atoms with van der Waals surface area (Å²) >= 11 is 1.59. The average molecular weight is 283 g/mol. The third-order valence-electron chi connectivity index (χ3n) is 3.42. The number of carbonyl (C=O) groups excluding carboxylic acids is 1. The van der Waals surface area contributed by atoms with E-state index in [4.69, 9.17) is 4.74 Å². The van der Waals surface area contributed by atoms with Gasteiger partial charge in [0.2, 0.25) is 0 Å². The number of thiazole rings is 1. The maximum atomic E-state index is 12.3. The molecule has 2 N–H and O–H groups in total. The van der Waals surface area contributed by atoms with E-state index in [0.717, 1.165) is 23.7 Å². The Kier molecular flexibility index (Phi) is 4.54. The molecule has 1 amide bonds. The summed E-state index contributed by atoms with van der Waals surface area (Å²) in [6.07, 6.45) is 0.395. The van der Waals surface area contributed by atoms with E-state index in [9.17, 15) is 4.79 Å². The van der Waals surface area contributed by atoms with Gasteiger partial charge in [-0.25, -0.2) is 4.98 Å². The van der Waals surface area contributed by atoms with Crippen molar-refractivity contribution in [3.63, 3.8) is 0 Å². The van der Waals surface area contributed by atoms with Crippen LogP contribution in [0, 0.1) is 6.92 Å². The molecule has 19 heavy (non-hydrogen) atoms. The first-order valence-corrected chi connectivity index (χ1v) is 7.50. The van der Waals surface area contributed by atoms with Gasteiger partial charge in [-0.3, -0.25) is 4.79 Å². The molecule has 1 aliphatic heterocycles. The van der Waals surface area contributed by atoms with Crippen LogP contribution in [0.4, 0.5) is 0 Å². The molecule has 1 saturated heterocycles. The Balaban J connectivity index is 2.07. The zero-order chi connectivity index (χ0) is 13.9. The van der Waals surface area contributed by atoms with Gasteiger partial charge in [-0.15, -0.1) is 11.3 Å². The SMILES string of the molecule is CCC(C)(NC(=O)C1CNCCO1)c1nc(C)cs1. The smallest absolute Gasteiger partial charge is 0.251 e. The molecule has 2 rings (SSSR count). The van der Waals surface area contributed by atoms with Gasteiger partial charge in [-0.1, -0.05) is 6.92 Å². The van der Waals surface area contributed by atoms with Crippen LogP contribution in [0.25, 0.3) is 0 Å². The zero-order valence-corrected chi connectivity index (χ0v) is 12.5. The molecular weight excluding hydrogens is 262 g/mol. The predicted octanol–water partition coefficient (Wildman–Crippen LogP) is 1.18. The highest BCUT2D eigenvalue weighted by Gasteiger charge is 2.33. The molecule has 0 aromatic carbocycles. The molecule has 5 nitrogen and oxygen atoms in total. The number of morpholine rings is 1. The molecule has 1 aliphatic rings. The molecule has 2 unspecified atom stereocenters. The highest BCUT2D eigenvalue weighted by Crippen LogP contribution is 2.27. The number of rotatable bonds is 4.